The molecular formula is C17H22N4O2. The second-order valence-electron chi connectivity index (χ2n) is 5.86. The summed E-state index contributed by atoms with van der Waals surface area (Å²) in [6.45, 7) is 6.87. The van der Waals surface area contributed by atoms with Crippen LogP contribution in [0.3, 0.4) is 0 Å². The summed E-state index contributed by atoms with van der Waals surface area (Å²) >= 11 is 0. The predicted molar refractivity (Wildman–Crippen MR) is 87.4 cm³/mol. The topological polar surface area (TPSA) is 62.5 Å². The molecule has 0 atom stereocenters. The fraction of sp³-hybridized carbons (Fsp3) is 0.471. The zero-order valence-electron chi connectivity index (χ0n) is 13.7. The zero-order valence-corrected chi connectivity index (χ0v) is 13.7. The van der Waals surface area contributed by atoms with E-state index in [4.69, 9.17) is 4.42 Å². The first-order valence-corrected chi connectivity index (χ1v) is 8.06. The number of amides is 1. The SMILES string of the molecule is CCc1nnc(N2CCN(C(=O)Cc3ccc(C)cc3)CC2)o1. The summed E-state index contributed by atoms with van der Waals surface area (Å²) in [7, 11) is 0. The van der Waals surface area contributed by atoms with E-state index in [9.17, 15) is 4.79 Å². The Balaban J connectivity index is 1.53. The highest BCUT2D eigenvalue weighted by atomic mass is 16.4. The Labute approximate surface area is 136 Å². The molecule has 122 valence electrons. The second kappa shape index (κ2) is 6.81. The van der Waals surface area contributed by atoms with Crippen LogP contribution in [0.4, 0.5) is 6.01 Å². The summed E-state index contributed by atoms with van der Waals surface area (Å²) in [5.41, 5.74) is 2.27. The molecule has 6 heteroatoms. The van der Waals surface area contributed by atoms with Crippen LogP contribution in [0.25, 0.3) is 0 Å². The fourth-order valence-electron chi connectivity index (χ4n) is 2.65. The van der Waals surface area contributed by atoms with Gasteiger partial charge in [0.25, 0.3) is 0 Å². The highest BCUT2D eigenvalue weighted by Crippen LogP contribution is 2.15. The maximum absolute atomic E-state index is 12.4. The number of aryl methyl sites for hydroxylation is 2. The van der Waals surface area contributed by atoms with Crippen molar-refractivity contribution in [3.05, 3.63) is 41.3 Å². The highest BCUT2D eigenvalue weighted by Gasteiger charge is 2.24. The number of carbonyl (C=O) groups is 1. The Kier molecular flexibility index (Phi) is 4.60. The van der Waals surface area contributed by atoms with Crippen LogP contribution in [0, 0.1) is 6.92 Å². The van der Waals surface area contributed by atoms with Crippen molar-refractivity contribution in [2.24, 2.45) is 0 Å². The molecular weight excluding hydrogens is 292 g/mol. The number of hydrogen-bond acceptors (Lipinski definition) is 5. The first kappa shape index (κ1) is 15.5. The minimum atomic E-state index is 0.174. The van der Waals surface area contributed by atoms with Gasteiger partial charge in [-0.05, 0) is 12.5 Å². The third kappa shape index (κ3) is 3.70. The van der Waals surface area contributed by atoms with E-state index in [1.807, 2.05) is 47.9 Å². The van der Waals surface area contributed by atoms with Gasteiger partial charge in [-0.15, -0.1) is 5.10 Å². The molecule has 1 aliphatic rings. The molecule has 2 heterocycles. The van der Waals surface area contributed by atoms with Crippen LogP contribution >= 0.6 is 0 Å². The molecule has 23 heavy (non-hydrogen) atoms. The van der Waals surface area contributed by atoms with Crippen molar-refractivity contribution in [3.63, 3.8) is 0 Å². The second-order valence-corrected chi connectivity index (χ2v) is 5.86. The maximum Gasteiger partial charge on any atom is 0.318 e. The van der Waals surface area contributed by atoms with Crippen LogP contribution in [-0.2, 0) is 17.6 Å². The molecule has 1 aliphatic heterocycles. The Hall–Kier alpha value is -2.37. The van der Waals surface area contributed by atoms with Crippen LogP contribution in [-0.4, -0.2) is 47.2 Å². The van der Waals surface area contributed by atoms with E-state index >= 15 is 0 Å². The molecule has 3 rings (SSSR count). The predicted octanol–water partition coefficient (Wildman–Crippen LogP) is 1.83. The fourth-order valence-corrected chi connectivity index (χ4v) is 2.65. The van der Waals surface area contributed by atoms with Gasteiger partial charge in [-0.25, -0.2) is 0 Å². The molecule has 0 spiro atoms. The highest BCUT2D eigenvalue weighted by molar-refractivity contribution is 5.79. The van der Waals surface area contributed by atoms with Gasteiger partial charge < -0.3 is 14.2 Å². The normalized spacial score (nSPS) is 15.0. The van der Waals surface area contributed by atoms with Crippen LogP contribution < -0.4 is 4.90 Å². The van der Waals surface area contributed by atoms with Crippen molar-refractivity contribution in [1.82, 2.24) is 15.1 Å². The third-order valence-electron chi connectivity index (χ3n) is 4.14. The lowest BCUT2D eigenvalue weighted by atomic mass is 10.1. The van der Waals surface area contributed by atoms with Crippen LogP contribution in [0.1, 0.15) is 23.9 Å². The first-order valence-electron chi connectivity index (χ1n) is 8.06. The molecule has 0 aliphatic carbocycles. The minimum absolute atomic E-state index is 0.174. The van der Waals surface area contributed by atoms with Gasteiger partial charge >= 0.3 is 6.01 Å². The molecule has 6 nitrogen and oxygen atoms in total. The van der Waals surface area contributed by atoms with Gasteiger partial charge in [0.05, 0.1) is 6.42 Å². The summed E-state index contributed by atoms with van der Waals surface area (Å²) in [6, 6.07) is 8.69. The molecule has 0 radical (unpaired) electrons. The largest absolute Gasteiger partial charge is 0.408 e. The average Bonchev–Trinajstić information content (AvgIpc) is 3.06. The summed E-state index contributed by atoms with van der Waals surface area (Å²) in [5.74, 6) is 0.825. The Morgan fingerprint density at radius 3 is 2.43 bits per heavy atom. The maximum atomic E-state index is 12.4. The van der Waals surface area contributed by atoms with Gasteiger partial charge in [-0.1, -0.05) is 41.9 Å². The average molecular weight is 314 g/mol. The number of aromatic nitrogens is 2. The van der Waals surface area contributed by atoms with E-state index in [1.165, 1.54) is 5.56 Å². The van der Waals surface area contributed by atoms with Crippen molar-refractivity contribution in [1.29, 1.82) is 0 Å². The van der Waals surface area contributed by atoms with E-state index in [0.29, 0.717) is 31.4 Å². The molecule has 1 aromatic carbocycles. The van der Waals surface area contributed by atoms with Crippen LogP contribution in [0.15, 0.2) is 28.7 Å². The Morgan fingerprint density at radius 2 is 1.83 bits per heavy atom. The van der Waals surface area contributed by atoms with Gasteiger partial charge in [-0.3, -0.25) is 4.79 Å². The molecule has 0 unspecified atom stereocenters. The summed E-state index contributed by atoms with van der Waals surface area (Å²) in [4.78, 5) is 16.4. The van der Waals surface area contributed by atoms with Crippen LogP contribution in [0.5, 0.6) is 0 Å². The van der Waals surface area contributed by atoms with E-state index in [1.54, 1.807) is 0 Å². The molecule has 1 fully saturated rings. The molecule has 2 aromatic rings. The minimum Gasteiger partial charge on any atom is -0.408 e. The number of rotatable bonds is 4. The summed E-state index contributed by atoms with van der Waals surface area (Å²) in [5, 5.41) is 8.05. The van der Waals surface area contributed by atoms with E-state index in [2.05, 4.69) is 10.2 Å². The smallest absolute Gasteiger partial charge is 0.318 e. The van der Waals surface area contributed by atoms with Gasteiger partial charge in [-0.2, -0.15) is 0 Å². The van der Waals surface area contributed by atoms with Crippen molar-refractivity contribution in [2.75, 3.05) is 31.1 Å². The monoisotopic (exact) mass is 314 g/mol. The summed E-state index contributed by atoms with van der Waals surface area (Å²) in [6.07, 6.45) is 1.20. The standard InChI is InChI=1S/C17H22N4O2/c1-3-15-18-19-17(23-15)21-10-8-20(9-11-21)16(22)12-14-6-4-13(2)5-7-14/h4-7H,3,8-12H2,1-2H3. The van der Waals surface area contributed by atoms with Gasteiger partial charge in [0.15, 0.2) is 0 Å². The van der Waals surface area contributed by atoms with E-state index < -0.39 is 0 Å². The number of piperazine rings is 1. The Bertz CT molecular complexity index is 657. The lowest BCUT2D eigenvalue weighted by Gasteiger charge is -2.33. The van der Waals surface area contributed by atoms with Crippen molar-refractivity contribution in [3.8, 4) is 0 Å². The molecule has 1 amide bonds. The Morgan fingerprint density at radius 1 is 1.13 bits per heavy atom. The molecule has 0 N–H and O–H groups in total. The van der Waals surface area contributed by atoms with E-state index in [-0.39, 0.29) is 5.91 Å². The quantitative estimate of drug-likeness (QED) is 0.861. The number of benzene rings is 1. The molecule has 0 saturated carbocycles. The number of nitrogens with zero attached hydrogens (tertiary/aromatic N) is 4. The van der Waals surface area contributed by atoms with Crippen molar-refractivity contribution < 1.29 is 9.21 Å². The number of anilines is 1. The van der Waals surface area contributed by atoms with Crippen molar-refractivity contribution in [2.45, 2.75) is 26.7 Å². The van der Waals surface area contributed by atoms with Crippen molar-refractivity contribution >= 4 is 11.9 Å². The number of carbonyl (C=O) groups excluding carboxylic acids is 1. The molecule has 1 saturated heterocycles. The van der Waals surface area contributed by atoms with Gasteiger partial charge in [0, 0.05) is 32.6 Å². The van der Waals surface area contributed by atoms with Gasteiger partial charge in [0.2, 0.25) is 11.8 Å². The zero-order chi connectivity index (χ0) is 16.2. The lowest BCUT2D eigenvalue weighted by molar-refractivity contribution is -0.130. The summed E-state index contributed by atoms with van der Waals surface area (Å²) < 4.78 is 5.58. The van der Waals surface area contributed by atoms with E-state index in [0.717, 1.165) is 25.1 Å². The number of hydrogen-bond donors (Lipinski definition) is 0. The first-order chi connectivity index (χ1) is 11.2. The third-order valence-corrected chi connectivity index (χ3v) is 4.14. The van der Waals surface area contributed by atoms with Gasteiger partial charge in [0.1, 0.15) is 0 Å². The lowest BCUT2D eigenvalue weighted by Crippen LogP contribution is -2.49. The molecule has 1 aromatic heterocycles. The van der Waals surface area contributed by atoms with Crippen LogP contribution in [0.2, 0.25) is 0 Å². The molecule has 0 bridgehead atoms.